The van der Waals surface area contributed by atoms with Crippen molar-refractivity contribution in [2.75, 3.05) is 0 Å². The van der Waals surface area contributed by atoms with E-state index in [2.05, 4.69) is 15.5 Å². The first-order chi connectivity index (χ1) is 15.0. The van der Waals surface area contributed by atoms with Crippen molar-refractivity contribution in [1.82, 2.24) is 20.1 Å². The largest absolute Gasteiger partial charge is 0.346 e. The lowest BCUT2D eigenvalue weighted by Crippen LogP contribution is -2.43. The molecule has 0 unspecified atom stereocenters. The lowest BCUT2D eigenvalue weighted by Gasteiger charge is -2.24. The molecule has 4 rings (SSSR count). The fraction of sp³-hybridized carbons (Fsp3) is 0.250. The van der Waals surface area contributed by atoms with Gasteiger partial charge in [-0.3, -0.25) is 9.48 Å². The van der Waals surface area contributed by atoms with Gasteiger partial charge in [0.1, 0.15) is 5.54 Å². The monoisotopic (exact) mass is 415 g/mol. The zero-order valence-electron chi connectivity index (χ0n) is 17.9. The summed E-state index contributed by atoms with van der Waals surface area (Å²) in [6.45, 7) is 6.36. The number of hydrogen-bond acceptors (Lipinski definition) is 4. The van der Waals surface area contributed by atoms with Gasteiger partial charge in [0.2, 0.25) is 0 Å². The highest BCUT2D eigenvalue weighted by atomic mass is 16.2. The molecule has 1 aromatic heterocycles. The molecule has 1 atom stereocenters. The molecule has 7 nitrogen and oxygen atoms in total. The molecule has 0 radical (unpaired) electrons. The van der Waals surface area contributed by atoms with Gasteiger partial charge >= 0.3 is 6.03 Å². The summed E-state index contributed by atoms with van der Waals surface area (Å²) in [7, 11) is 0. The highest BCUT2D eigenvalue weighted by Gasteiger charge is 2.51. The zero-order chi connectivity index (χ0) is 22.0. The molecule has 3 aromatic rings. The van der Waals surface area contributed by atoms with E-state index in [1.807, 2.05) is 86.1 Å². The third-order valence-electron chi connectivity index (χ3n) is 5.78. The molecule has 2 heterocycles. The molecule has 0 saturated carbocycles. The first kappa shape index (κ1) is 20.5. The number of imide groups is 1. The van der Waals surface area contributed by atoms with Crippen molar-refractivity contribution in [3.63, 3.8) is 0 Å². The number of carbonyl (C=O) groups excluding carboxylic acids is 2. The van der Waals surface area contributed by atoms with E-state index < -0.39 is 11.6 Å². The maximum Gasteiger partial charge on any atom is 0.346 e. The minimum Gasteiger partial charge on any atom is -0.318 e. The van der Waals surface area contributed by atoms with Gasteiger partial charge in [-0.2, -0.15) is 10.2 Å². The number of hydrogen-bond donors (Lipinski definition) is 1. The summed E-state index contributed by atoms with van der Waals surface area (Å²) in [6.07, 6.45) is 1.98. The lowest BCUT2D eigenvalue weighted by molar-refractivity contribution is -0.131. The van der Waals surface area contributed by atoms with Crippen molar-refractivity contribution < 1.29 is 9.59 Å². The van der Waals surface area contributed by atoms with Crippen molar-refractivity contribution >= 4 is 18.2 Å². The topological polar surface area (TPSA) is 79.6 Å². The van der Waals surface area contributed by atoms with E-state index in [0.29, 0.717) is 13.0 Å². The summed E-state index contributed by atoms with van der Waals surface area (Å²) < 4.78 is 1.90. The Hall–Kier alpha value is -3.74. The normalized spacial score (nSPS) is 18.7. The van der Waals surface area contributed by atoms with Gasteiger partial charge < -0.3 is 5.32 Å². The van der Waals surface area contributed by atoms with E-state index in [4.69, 9.17) is 0 Å². The Kier molecular flexibility index (Phi) is 5.42. The molecule has 1 aliphatic heterocycles. The van der Waals surface area contributed by atoms with E-state index >= 15 is 0 Å². The fourth-order valence-electron chi connectivity index (χ4n) is 3.95. The maximum absolute atomic E-state index is 13.2. The predicted molar refractivity (Wildman–Crippen MR) is 119 cm³/mol. The average molecular weight is 415 g/mol. The van der Waals surface area contributed by atoms with Gasteiger partial charge in [0.05, 0.1) is 18.5 Å². The van der Waals surface area contributed by atoms with Crippen LogP contribution in [0.3, 0.4) is 0 Å². The van der Waals surface area contributed by atoms with Crippen molar-refractivity contribution in [2.45, 2.75) is 39.3 Å². The van der Waals surface area contributed by atoms with E-state index in [9.17, 15) is 9.59 Å². The van der Waals surface area contributed by atoms with Gasteiger partial charge in [-0.25, -0.2) is 4.79 Å². The van der Waals surface area contributed by atoms with Crippen LogP contribution in [0.1, 0.15) is 41.4 Å². The number of aryl methyl sites for hydroxylation is 1. The summed E-state index contributed by atoms with van der Waals surface area (Å²) in [6, 6.07) is 18.8. The highest BCUT2D eigenvalue weighted by Crippen LogP contribution is 2.32. The van der Waals surface area contributed by atoms with E-state index in [1.54, 1.807) is 6.21 Å². The number of carbonyl (C=O) groups is 2. The number of nitrogens with one attached hydrogen (secondary N) is 1. The number of aromatic nitrogens is 2. The van der Waals surface area contributed by atoms with Crippen LogP contribution in [-0.4, -0.2) is 32.9 Å². The molecule has 0 bridgehead atoms. The summed E-state index contributed by atoms with van der Waals surface area (Å²) >= 11 is 0. The molecule has 31 heavy (non-hydrogen) atoms. The van der Waals surface area contributed by atoms with Gasteiger partial charge in [-0.15, -0.1) is 5.01 Å². The van der Waals surface area contributed by atoms with Crippen molar-refractivity contribution in [3.05, 3.63) is 88.7 Å². The van der Waals surface area contributed by atoms with Gasteiger partial charge in [0.25, 0.3) is 5.91 Å². The molecule has 0 spiro atoms. The minimum absolute atomic E-state index is 0.380. The van der Waals surface area contributed by atoms with Crippen LogP contribution in [0.15, 0.2) is 65.8 Å². The fourth-order valence-corrected chi connectivity index (χ4v) is 3.95. The van der Waals surface area contributed by atoms with E-state index in [1.165, 1.54) is 0 Å². The van der Waals surface area contributed by atoms with E-state index in [-0.39, 0.29) is 5.91 Å². The van der Waals surface area contributed by atoms with Crippen LogP contribution in [0.25, 0.3) is 0 Å². The zero-order valence-corrected chi connectivity index (χ0v) is 17.9. The molecule has 1 fully saturated rings. The molecular formula is C24H25N5O2. The van der Waals surface area contributed by atoms with Gasteiger partial charge in [0, 0.05) is 11.3 Å². The van der Waals surface area contributed by atoms with E-state index in [0.717, 1.165) is 33.1 Å². The number of rotatable bonds is 6. The molecule has 1 N–H and O–H groups in total. The van der Waals surface area contributed by atoms with Crippen molar-refractivity contribution in [2.24, 2.45) is 5.10 Å². The summed E-state index contributed by atoms with van der Waals surface area (Å²) in [5, 5.41) is 12.6. The summed E-state index contributed by atoms with van der Waals surface area (Å²) in [5.74, 6) is -0.380. The Morgan fingerprint density at radius 2 is 1.68 bits per heavy atom. The summed E-state index contributed by atoms with van der Waals surface area (Å²) in [4.78, 5) is 25.8. The van der Waals surface area contributed by atoms with Crippen LogP contribution in [-0.2, 0) is 16.9 Å². The van der Waals surface area contributed by atoms with Gasteiger partial charge in [-0.05, 0) is 31.4 Å². The molecule has 158 valence electrons. The van der Waals surface area contributed by atoms with Crippen LogP contribution >= 0.6 is 0 Å². The highest BCUT2D eigenvalue weighted by molar-refractivity contribution is 6.07. The molecule has 1 aliphatic rings. The van der Waals surface area contributed by atoms with Crippen LogP contribution in [0.4, 0.5) is 4.79 Å². The smallest absolute Gasteiger partial charge is 0.318 e. The standard InChI is InChI=1S/C24H25N5O2/c1-4-24(20-13-9-6-10-14-20)22(30)29(23(31)26-24)25-15-21-17(2)27-28(18(21)3)16-19-11-7-5-8-12-19/h5-15H,4,16H2,1-3H3,(H,26,31)/b25-15-/t24-/m1/s1. The maximum atomic E-state index is 13.2. The van der Waals surface area contributed by atoms with Gasteiger partial charge in [-0.1, -0.05) is 67.6 Å². The van der Waals surface area contributed by atoms with Crippen LogP contribution < -0.4 is 5.32 Å². The second-order valence-electron chi connectivity index (χ2n) is 7.64. The average Bonchev–Trinajstić information content (AvgIpc) is 3.20. The van der Waals surface area contributed by atoms with Crippen LogP contribution in [0, 0.1) is 13.8 Å². The number of urea groups is 1. The molecular weight excluding hydrogens is 390 g/mol. The Labute approximate surface area is 181 Å². The molecule has 3 amide bonds. The molecule has 2 aromatic carbocycles. The molecule has 0 aliphatic carbocycles. The number of amides is 3. The lowest BCUT2D eigenvalue weighted by atomic mass is 9.87. The Balaban J connectivity index is 1.60. The van der Waals surface area contributed by atoms with Crippen molar-refractivity contribution in [3.8, 4) is 0 Å². The number of benzene rings is 2. The molecule has 7 heteroatoms. The quantitative estimate of drug-likeness (QED) is 0.492. The Bertz CT molecular complexity index is 1140. The number of nitrogens with zero attached hydrogens (tertiary/aromatic N) is 4. The Morgan fingerprint density at radius 1 is 1.03 bits per heavy atom. The van der Waals surface area contributed by atoms with Crippen LogP contribution in [0.5, 0.6) is 0 Å². The second kappa shape index (κ2) is 8.18. The Morgan fingerprint density at radius 3 is 2.32 bits per heavy atom. The minimum atomic E-state index is -1.10. The predicted octanol–water partition coefficient (Wildman–Crippen LogP) is 3.74. The number of hydrazone groups is 1. The SMILES string of the molecule is CC[C@]1(c2ccccc2)NC(=O)N(/N=C\c2c(C)nn(Cc3ccccc3)c2C)C1=O. The third kappa shape index (κ3) is 3.63. The molecule has 1 saturated heterocycles. The van der Waals surface area contributed by atoms with Crippen molar-refractivity contribution in [1.29, 1.82) is 0 Å². The third-order valence-corrected chi connectivity index (χ3v) is 5.78. The van der Waals surface area contributed by atoms with Crippen LogP contribution in [0.2, 0.25) is 0 Å². The van der Waals surface area contributed by atoms with Gasteiger partial charge in [0.15, 0.2) is 0 Å². The summed E-state index contributed by atoms with van der Waals surface area (Å²) in [5.41, 5.74) is 3.29. The second-order valence-corrected chi connectivity index (χ2v) is 7.64. The first-order valence-electron chi connectivity index (χ1n) is 10.3. The first-order valence-corrected chi connectivity index (χ1v) is 10.3.